The molecule has 1 saturated heterocycles. The van der Waals surface area contributed by atoms with Gasteiger partial charge in [-0.15, -0.1) is 0 Å². The van der Waals surface area contributed by atoms with Crippen molar-refractivity contribution in [3.8, 4) is 0 Å². The molecule has 22 heavy (non-hydrogen) atoms. The summed E-state index contributed by atoms with van der Waals surface area (Å²) >= 11 is 0. The predicted molar refractivity (Wildman–Crippen MR) is 83.7 cm³/mol. The number of aryl methyl sites for hydroxylation is 1. The van der Waals surface area contributed by atoms with E-state index in [1.54, 1.807) is 4.68 Å². The molecule has 2 amide bonds. The summed E-state index contributed by atoms with van der Waals surface area (Å²) in [5.74, 6) is 0.385. The summed E-state index contributed by atoms with van der Waals surface area (Å²) in [7, 11) is 1.90. The topological polar surface area (TPSA) is 82.4 Å². The summed E-state index contributed by atoms with van der Waals surface area (Å²) in [6, 6.07) is -0.0511. The van der Waals surface area contributed by atoms with Crippen molar-refractivity contribution in [2.24, 2.45) is 13.0 Å². The first-order chi connectivity index (χ1) is 10.6. The van der Waals surface area contributed by atoms with Crippen LogP contribution in [0.5, 0.6) is 0 Å². The molecule has 1 aliphatic heterocycles. The second-order valence-corrected chi connectivity index (χ2v) is 6.42. The van der Waals surface area contributed by atoms with E-state index in [1.165, 1.54) is 0 Å². The van der Waals surface area contributed by atoms with Crippen molar-refractivity contribution in [2.75, 3.05) is 24.5 Å². The third-order valence-electron chi connectivity index (χ3n) is 4.45. The van der Waals surface area contributed by atoms with Crippen LogP contribution in [0.4, 0.5) is 10.5 Å². The Bertz CT molecular complexity index is 514. The van der Waals surface area contributed by atoms with Crippen LogP contribution in [0.3, 0.4) is 0 Å². The molecule has 122 valence electrons. The van der Waals surface area contributed by atoms with Crippen LogP contribution in [0.15, 0.2) is 12.4 Å². The maximum atomic E-state index is 11.9. The van der Waals surface area contributed by atoms with Crippen molar-refractivity contribution < 1.29 is 9.90 Å². The fourth-order valence-corrected chi connectivity index (χ4v) is 2.98. The lowest BCUT2D eigenvalue weighted by Crippen LogP contribution is -2.51. The normalized spacial score (nSPS) is 23.2. The SMILES string of the molecule is Cn1cc(N2CCC[C@@H](NC(=O)NC[C@H](O)C3CC3)C2)cn1. The molecule has 7 nitrogen and oxygen atoms in total. The Labute approximate surface area is 130 Å². The number of carbonyl (C=O) groups is 1. The van der Waals surface area contributed by atoms with Crippen LogP contribution in [0.25, 0.3) is 0 Å². The minimum absolute atomic E-state index is 0.132. The van der Waals surface area contributed by atoms with Crippen molar-refractivity contribution >= 4 is 11.7 Å². The molecule has 2 atom stereocenters. The minimum Gasteiger partial charge on any atom is -0.391 e. The van der Waals surface area contributed by atoms with Gasteiger partial charge in [0.2, 0.25) is 0 Å². The van der Waals surface area contributed by atoms with Crippen LogP contribution in [0.2, 0.25) is 0 Å². The molecular formula is C15H25N5O2. The number of hydrogen-bond acceptors (Lipinski definition) is 4. The molecule has 1 aliphatic carbocycles. The van der Waals surface area contributed by atoms with Gasteiger partial charge in [0.25, 0.3) is 0 Å². The lowest BCUT2D eigenvalue weighted by Gasteiger charge is -2.33. The third-order valence-corrected chi connectivity index (χ3v) is 4.45. The molecule has 1 aromatic heterocycles. The van der Waals surface area contributed by atoms with E-state index in [-0.39, 0.29) is 12.1 Å². The number of carbonyl (C=O) groups excluding carboxylic acids is 1. The third kappa shape index (κ3) is 3.91. The largest absolute Gasteiger partial charge is 0.391 e. The maximum Gasteiger partial charge on any atom is 0.315 e. The van der Waals surface area contributed by atoms with Crippen LogP contribution in [-0.4, -0.2) is 52.7 Å². The zero-order chi connectivity index (χ0) is 15.5. The Kier molecular flexibility index (Phi) is 4.52. The van der Waals surface area contributed by atoms with E-state index in [0.717, 1.165) is 44.5 Å². The molecule has 1 aromatic rings. The first kappa shape index (κ1) is 15.1. The van der Waals surface area contributed by atoms with E-state index in [2.05, 4.69) is 20.6 Å². The molecule has 1 saturated carbocycles. The molecule has 0 aromatic carbocycles. The van der Waals surface area contributed by atoms with Crippen LogP contribution in [0, 0.1) is 5.92 Å². The molecule has 2 heterocycles. The van der Waals surface area contributed by atoms with E-state index in [0.29, 0.717) is 12.5 Å². The van der Waals surface area contributed by atoms with Gasteiger partial charge in [0.05, 0.1) is 18.0 Å². The molecule has 0 bridgehead atoms. The molecule has 0 spiro atoms. The van der Waals surface area contributed by atoms with E-state index in [9.17, 15) is 9.90 Å². The van der Waals surface area contributed by atoms with E-state index < -0.39 is 6.10 Å². The van der Waals surface area contributed by atoms with Gasteiger partial charge >= 0.3 is 6.03 Å². The highest BCUT2D eigenvalue weighted by molar-refractivity contribution is 5.74. The van der Waals surface area contributed by atoms with Crippen molar-refractivity contribution in [3.63, 3.8) is 0 Å². The number of piperidine rings is 1. The van der Waals surface area contributed by atoms with Gasteiger partial charge in [0, 0.05) is 38.9 Å². The van der Waals surface area contributed by atoms with Crippen molar-refractivity contribution in [1.82, 2.24) is 20.4 Å². The van der Waals surface area contributed by atoms with Crippen molar-refractivity contribution in [2.45, 2.75) is 37.8 Å². The lowest BCUT2D eigenvalue weighted by molar-refractivity contribution is 0.148. The lowest BCUT2D eigenvalue weighted by atomic mass is 10.1. The van der Waals surface area contributed by atoms with Gasteiger partial charge in [-0.05, 0) is 31.6 Å². The molecule has 0 radical (unpaired) electrons. The molecule has 2 aliphatic rings. The highest BCUT2D eigenvalue weighted by Crippen LogP contribution is 2.32. The summed E-state index contributed by atoms with van der Waals surface area (Å²) in [6.07, 6.45) is 7.63. The second kappa shape index (κ2) is 6.56. The number of hydrogen-bond donors (Lipinski definition) is 3. The summed E-state index contributed by atoms with van der Waals surface area (Å²) in [6.45, 7) is 2.13. The summed E-state index contributed by atoms with van der Waals surface area (Å²) in [5.41, 5.74) is 1.10. The quantitative estimate of drug-likeness (QED) is 0.738. The predicted octanol–water partition coefficient (Wildman–Crippen LogP) is 0.459. The second-order valence-electron chi connectivity index (χ2n) is 6.42. The van der Waals surface area contributed by atoms with Gasteiger partial charge in [0.15, 0.2) is 0 Å². The fourth-order valence-electron chi connectivity index (χ4n) is 2.98. The number of aromatic nitrogens is 2. The van der Waals surface area contributed by atoms with Crippen molar-refractivity contribution in [3.05, 3.63) is 12.4 Å². The molecular weight excluding hydrogens is 282 g/mol. The summed E-state index contributed by atoms with van der Waals surface area (Å²) in [5, 5.41) is 19.8. The first-order valence-electron chi connectivity index (χ1n) is 8.08. The molecule has 0 unspecified atom stereocenters. The van der Waals surface area contributed by atoms with Gasteiger partial charge in [-0.3, -0.25) is 4.68 Å². The van der Waals surface area contributed by atoms with E-state index >= 15 is 0 Å². The Morgan fingerprint density at radius 2 is 2.32 bits per heavy atom. The highest BCUT2D eigenvalue weighted by Gasteiger charge is 2.30. The van der Waals surface area contributed by atoms with E-state index in [1.807, 2.05) is 19.4 Å². The van der Waals surface area contributed by atoms with Gasteiger partial charge in [-0.2, -0.15) is 5.10 Å². The Hall–Kier alpha value is -1.76. The Balaban J connectivity index is 1.44. The van der Waals surface area contributed by atoms with Crippen LogP contribution < -0.4 is 15.5 Å². The van der Waals surface area contributed by atoms with Crippen LogP contribution in [0.1, 0.15) is 25.7 Å². The fraction of sp³-hybridized carbons (Fsp3) is 0.733. The van der Waals surface area contributed by atoms with Gasteiger partial charge in [-0.25, -0.2) is 4.79 Å². The number of anilines is 1. The summed E-state index contributed by atoms with van der Waals surface area (Å²) < 4.78 is 1.79. The van der Waals surface area contributed by atoms with Crippen LogP contribution in [-0.2, 0) is 7.05 Å². The number of amides is 2. The summed E-state index contributed by atoms with van der Waals surface area (Å²) in [4.78, 5) is 14.2. The van der Waals surface area contributed by atoms with Gasteiger partial charge in [-0.1, -0.05) is 0 Å². The molecule has 7 heteroatoms. The van der Waals surface area contributed by atoms with Crippen molar-refractivity contribution in [1.29, 1.82) is 0 Å². The molecule has 3 rings (SSSR count). The number of urea groups is 1. The van der Waals surface area contributed by atoms with Gasteiger partial charge in [0.1, 0.15) is 0 Å². The first-order valence-corrected chi connectivity index (χ1v) is 8.08. The van der Waals surface area contributed by atoms with E-state index in [4.69, 9.17) is 0 Å². The smallest absolute Gasteiger partial charge is 0.315 e. The van der Waals surface area contributed by atoms with Crippen LogP contribution >= 0.6 is 0 Å². The number of nitrogens with zero attached hydrogens (tertiary/aromatic N) is 3. The Morgan fingerprint density at radius 1 is 1.50 bits per heavy atom. The monoisotopic (exact) mass is 307 g/mol. The number of aliphatic hydroxyl groups excluding tert-OH is 1. The number of rotatable bonds is 5. The number of aliphatic hydroxyl groups is 1. The molecule has 3 N–H and O–H groups in total. The zero-order valence-electron chi connectivity index (χ0n) is 13.0. The average molecular weight is 307 g/mol. The maximum absolute atomic E-state index is 11.9. The van der Waals surface area contributed by atoms with Gasteiger partial charge < -0.3 is 20.6 Å². The average Bonchev–Trinajstić information content (AvgIpc) is 3.27. The standard InChI is InChI=1S/C15H25N5O2/c1-19-10-13(7-17-19)20-6-2-3-12(9-20)18-15(22)16-8-14(21)11-4-5-11/h7,10-12,14,21H,2-6,8-9H2,1H3,(H2,16,18,22)/t12-,14+/m1/s1. The Morgan fingerprint density at radius 3 is 3.00 bits per heavy atom. The minimum atomic E-state index is -0.399. The molecule has 2 fully saturated rings. The highest BCUT2D eigenvalue weighted by atomic mass is 16.3. The zero-order valence-corrected chi connectivity index (χ0v) is 13.0. The number of nitrogens with one attached hydrogen (secondary N) is 2.